The van der Waals surface area contributed by atoms with Crippen molar-refractivity contribution in [1.82, 2.24) is 5.32 Å². The topological polar surface area (TPSA) is 47.6 Å². The Morgan fingerprint density at radius 2 is 1.76 bits per heavy atom. The molecule has 2 aliphatic rings. The second-order valence-electron chi connectivity index (χ2n) is 10.4. The van der Waals surface area contributed by atoms with Crippen molar-refractivity contribution in [3.63, 3.8) is 0 Å². The fourth-order valence-corrected chi connectivity index (χ4v) is 5.81. The molecule has 4 aromatic carbocycles. The standard InChI is InChI=1S/C33H33NO3/c1-21(26-12-7-9-22-8-3-4-10-27(22)26)34-20-25-19-30(29-11-5-6-13-32(29)37-25)24-16-17-28(23-14-15-23)31(18-24)33(35)36-2/h3-13,16-18,21,23,25,30,34H,14-15,19-20H2,1-2H3/t21-,25?,30?/m1/s1. The molecule has 1 aliphatic carbocycles. The molecule has 4 aromatic rings. The predicted molar refractivity (Wildman–Crippen MR) is 147 cm³/mol. The zero-order valence-corrected chi connectivity index (χ0v) is 21.4. The molecule has 1 fully saturated rings. The van der Waals surface area contributed by atoms with E-state index in [1.807, 2.05) is 6.07 Å². The van der Waals surface area contributed by atoms with Crippen LogP contribution < -0.4 is 10.1 Å². The number of hydrogen-bond donors (Lipinski definition) is 1. The molecular formula is C33H33NO3. The van der Waals surface area contributed by atoms with Crippen LogP contribution in [0.15, 0.2) is 84.9 Å². The maximum absolute atomic E-state index is 12.7. The molecule has 1 heterocycles. The molecular weight excluding hydrogens is 458 g/mol. The van der Waals surface area contributed by atoms with Crippen LogP contribution in [0.4, 0.5) is 0 Å². The highest BCUT2D eigenvalue weighted by Crippen LogP contribution is 2.45. The quantitative estimate of drug-likeness (QED) is 0.279. The number of esters is 1. The third kappa shape index (κ3) is 4.74. The Morgan fingerprint density at radius 1 is 0.973 bits per heavy atom. The third-order valence-corrected chi connectivity index (χ3v) is 7.93. The number of methoxy groups -OCH3 is 1. The van der Waals surface area contributed by atoms with E-state index in [1.54, 1.807) is 0 Å². The lowest BCUT2D eigenvalue weighted by Crippen LogP contribution is -2.37. The highest BCUT2D eigenvalue weighted by atomic mass is 16.5. The van der Waals surface area contributed by atoms with E-state index >= 15 is 0 Å². The Morgan fingerprint density at radius 3 is 2.59 bits per heavy atom. The van der Waals surface area contributed by atoms with Gasteiger partial charge in [0.25, 0.3) is 0 Å². The summed E-state index contributed by atoms with van der Waals surface area (Å²) < 4.78 is 11.6. The van der Waals surface area contributed by atoms with Gasteiger partial charge in [-0.3, -0.25) is 0 Å². The molecule has 0 amide bonds. The van der Waals surface area contributed by atoms with Crippen LogP contribution in [-0.2, 0) is 4.74 Å². The van der Waals surface area contributed by atoms with Gasteiger partial charge < -0.3 is 14.8 Å². The average molecular weight is 492 g/mol. The number of carbonyl (C=O) groups excluding carboxylic acids is 1. The lowest BCUT2D eigenvalue weighted by atomic mass is 9.82. The summed E-state index contributed by atoms with van der Waals surface area (Å²) in [5, 5.41) is 6.27. The van der Waals surface area contributed by atoms with Gasteiger partial charge in [0.2, 0.25) is 0 Å². The molecule has 1 aliphatic heterocycles. The Kier molecular flexibility index (Phi) is 6.43. The van der Waals surface area contributed by atoms with Gasteiger partial charge >= 0.3 is 5.97 Å². The molecule has 0 saturated heterocycles. The molecule has 0 spiro atoms. The van der Waals surface area contributed by atoms with Crippen molar-refractivity contribution in [3.05, 3.63) is 113 Å². The van der Waals surface area contributed by atoms with Gasteiger partial charge in [-0.25, -0.2) is 4.79 Å². The van der Waals surface area contributed by atoms with Crippen LogP contribution >= 0.6 is 0 Å². The van der Waals surface area contributed by atoms with Crippen LogP contribution in [0.3, 0.4) is 0 Å². The molecule has 37 heavy (non-hydrogen) atoms. The van der Waals surface area contributed by atoms with E-state index in [-0.39, 0.29) is 24.0 Å². The minimum Gasteiger partial charge on any atom is -0.489 e. The Labute approximate surface area is 218 Å². The Bertz CT molecular complexity index is 1440. The lowest BCUT2D eigenvalue weighted by molar-refractivity contribution is 0.0599. The van der Waals surface area contributed by atoms with Crippen LogP contribution in [0.2, 0.25) is 0 Å². The molecule has 188 valence electrons. The molecule has 0 bridgehead atoms. The van der Waals surface area contributed by atoms with Crippen LogP contribution in [0, 0.1) is 0 Å². The number of fused-ring (bicyclic) bond motifs is 2. The Balaban J connectivity index is 1.26. The highest BCUT2D eigenvalue weighted by Gasteiger charge is 2.33. The largest absolute Gasteiger partial charge is 0.489 e. The first-order valence-electron chi connectivity index (χ1n) is 13.3. The molecule has 4 nitrogen and oxygen atoms in total. The molecule has 1 saturated carbocycles. The third-order valence-electron chi connectivity index (χ3n) is 7.93. The fourth-order valence-electron chi connectivity index (χ4n) is 5.81. The molecule has 4 heteroatoms. The molecule has 6 rings (SSSR count). The van der Waals surface area contributed by atoms with Gasteiger partial charge in [-0.15, -0.1) is 0 Å². The van der Waals surface area contributed by atoms with Gasteiger partial charge in [-0.05, 0) is 71.7 Å². The van der Waals surface area contributed by atoms with Crippen LogP contribution in [0.1, 0.15) is 76.7 Å². The van der Waals surface area contributed by atoms with Crippen molar-refractivity contribution >= 4 is 16.7 Å². The minimum atomic E-state index is -0.244. The Hall–Kier alpha value is -3.63. The predicted octanol–water partition coefficient (Wildman–Crippen LogP) is 7.14. The molecule has 0 aromatic heterocycles. The van der Waals surface area contributed by atoms with Gasteiger partial charge in [0.1, 0.15) is 11.9 Å². The average Bonchev–Trinajstić information content (AvgIpc) is 3.80. The summed E-state index contributed by atoms with van der Waals surface area (Å²) in [6, 6.07) is 29.9. The van der Waals surface area contributed by atoms with E-state index in [9.17, 15) is 4.79 Å². The van der Waals surface area contributed by atoms with Gasteiger partial charge in [0.05, 0.1) is 12.7 Å². The van der Waals surface area contributed by atoms with E-state index in [1.165, 1.54) is 29.0 Å². The summed E-state index contributed by atoms with van der Waals surface area (Å²) in [5.41, 5.74) is 5.46. The maximum atomic E-state index is 12.7. The first-order valence-corrected chi connectivity index (χ1v) is 13.3. The molecule has 1 N–H and O–H groups in total. The molecule has 3 atom stereocenters. The van der Waals surface area contributed by atoms with Gasteiger partial charge in [0, 0.05) is 24.1 Å². The van der Waals surface area contributed by atoms with E-state index in [0.29, 0.717) is 11.5 Å². The van der Waals surface area contributed by atoms with Crippen molar-refractivity contribution in [2.75, 3.05) is 13.7 Å². The zero-order valence-electron chi connectivity index (χ0n) is 21.4. The first kappa shape index (κ1) is 23.7. The van der Waals surface area contributed by atoms with E-state index < -0.39 is 0 Å². The second kappa shape index (κ2) is 10.0. The number of ether oxygens (including phenoxy) is 2. The van der Waals surface area contributed by atoms with Gasteiger partial charge in [-0.2, -0.15) is 0 Å². The van der Waals surface area contributed by atoms with Crippen LogP contribution in [0.5, 0.6) is 5.75 Å². The fraction of sp³-hybridized carbons (Fsp3) is 0.303. The number of nitrogens with one attached hydrogen (secondary N) is 1. The van der Waals surface area contributed by atoms with E-state index in [0.717, 1.165) is 42.7 Å². The number of hydrogen-bond acceptors (Lipinski definition) is 4. The van der Waals surface area contributed by atoms with Gasteiger partial charge in [0.15, 0.2) is 0 Å². The number of benzene rings is 4. The summed E-state index contributed by atoms with van der Waals surface area (Å²) in [7, 11) is 1.47. The zero-order chi connectivity index (χ0) is 25.4. The van der Waals surface area contributed by atoms with E-state index in [4.69, 9.17) is 9.47 Å². The van der Waals surface area contributed by atoms with Crippen molar-refractivity contribution < 1.29 is 14.3 Å². The summed E-state index contributed by atoms with van der Waals surface area (Å²) in [5.74, 6) is 1.32. The number of rotatable bonds is 7. The smallest absolute Gasteiger partial charge is 0.338 e. The lowest BCUT2D eigenvalue weighted by Gasteiger charge is -2.33. The van der Waals surface area contributed by atoms with Crippen molar-refractivity contribution in [1.29, 1.82) is 0 Å². The summed E-state index contributed by atoms with van der Waals surface area (Å²) in [4.78, 5) is 12.7. The van der Waals surface area contributed by atoms with Crippen LogP contribution in [0.25, 0.3) is 10.8 Å². The first-order chi connectivity index (χ1) is 18.1. The normalized spacial score (nSPS) is 19.6. The van der Waals surface area contributed by atoms with Gasteiger partial charge in [-0.1, -0.05) is 72.8 Å². The van der Waals surface area contributed by atoms with Crippen molar-refractivity contribution in [3.8, 4) is 5.75 Å². The molecule has 2 unspecified atom stereocenters. The van der Waals surface area contributed by atoms with Crippen LogP contribution in [-0.4, -0.2) is 25.7 Å². The molecule has 0 radical (unpaired) electrons. The summed E-state index contributed by atoms with van der Waals surface area (Å²) in [6.45, 7) is 2.95. The maximum Gasteiger partial charge on any atom is 0.338 e. The summed E-state index contributed by atoms with van der Waals surface area (Å²) >= 11 is 0. The highest BCUT2D eigenvalue weighted by molar-refractivity contribution is 5.91. The van der Waals surface area contributed by atoms with Crippen molar-refractivity contribution in [2.45, 2.75) is 50.2 Å². The monoisotopic (exact) mass is 491 g/mol. The summed E-state index contributed by atoms with van der Waals surface area (Å²) in [6.07, 6.45) is 3.15. The minimum absolute atomic E-state index is 0.0158. The number of para-hydroxylation sites is 1. The second-order valence-corrected chi connectivity index (χ2v) is 10.4. The number of carbonyl (C=O) groups is 1. The SMILES string of the molecule is COC(=O)c1cc(C2CC(CN[C@H](C)c3cccc4ccccc34)Oc3ccccc32)ccc1C1CC1. The van der Waals surface area contributed by atoms with E-state index in [2.05, 4.69) is 91.1 Å². The van der Waals surface area contributed by atoms with Crippen molar-refractivity contribution in [2.24, 2.45) is 0 Å².